The van der Waals surface area contributed by atoms with Crippen molar-refractivity contribution in [3.63, 3.8) is 0 Å². The number of carbonyl (C=O) groups is 1. The highest BCUT2D eigenvalue weighted by Crippen LogP contribution is 2.18. The Morgan fingerprint density at radius 2 is 2.11 bits per heavy atom. The maximum absolute atomic E-state index is 12.3. The molecule has 3 aromatic rings. The molecule has 1 amide bonds. The highest BCUT2D eigenvalue weighted by atomic mass is 16.5. The standard InChI is InChI=1S/C21H19N5O2/c1-2-8-17-9-3-4-12-20(17)28-14-6-5-13-22-21(27)18-10-7-11-19(15-18)26-16-23-24-25-26/h2-4,7,9-12,15-16H,1,8,13-14H2,(H,22,27). The fourth-order valence-electron chi connectivity index (χ4n) is 2.49. The Labute approximate surface area is 163 Å². The number of para-hydroxylation sites is 1. The number of hydrogen-bond acceptors (Lipinski definition) is 5. The minimum atomic E-state index is -0.221. The van der Waals surface area contributed by atoms with E-state index in [4.69, 9.17) is 4.74 Å². The molecule has 0 radical (unpaired) electrons. The third kappa shape index (κ3) is 5.05. The van der Waals surface area contributed by atoms with Crippen LogP contribution < -0.4 is 10.1 Å². The van der Waals surface area contributed by atoms with E-state index >= 15 is 0 Å². The summed E-state index contributed by atoms with van der Waals surface area (Å²) in [5.41, 5.74) is 2.27. The number of allylic oxidation sites excluding steroid dienone is 1. The predicted octanol–water partition coefficient (Wildman–Crippen LogP) is 2.20. The van der Waals surface area contributed by atoms with E-state index in [2.05, 4.69) is 39.3 Å². The van der Waals surface area contributed by atoms with Crippen molar-refractivity contribution in [3.05, 3.63) is 78.6 Å². The Hall–Kier alpha value is -3.92. The lowest BCUT2D eigenvalue weighted by Crippen LogP contribution is -2.23. The van der Waals surface area contributed by atoms with E-state index in [9.17, 15) is 4.79 Å². The molecule has 0 fully saturated rings. The highest BCUT2D eigenvalue weighted by molar-refractivity contribution is 5.94. The topological polar surface area (TPSA) is 81.9 Å². The molecule has 7 heteroatoms. The molecule has 28 heavy (non-hydrogen) atoms. The van der Waals surface area contributed by atoms with Gasteiger partial charge in [0.2, 0.25) is 0 Å². The predicted molar refractivity (Wildman–Crippen MR) is 105 cm³/mol. The summed E-state index contributed by atoms with van der Waals surface area (Å²) >= 11 is 0. The van der Waals surface area contributed by atoms with Crippen molar-refractivity contribution >= 4 is 5.91 Å². The van der Waals surface area contributed by atoms with Crippen LogP contribution in [-0.2, 0) is 6.42 Å². The van der Waals surface area contributed by atoms with Crippen LogP contribution in [0.2, 0.25) is 0 Å². The minimum Gasteiger partial charge on any atom is -0.481 e. The first-order valence-electron chi connectivity index (χ1n) is 8.67. The van der Waals surface area contributed by atoms with Crippen molar-refractivity contribution in [1.29, 1.82) is 0 Å². The molecule has 1 aromatic heterocycles. The Balaban J connectivity index is 1.49. The fourth-order valence-corrected chi connectivity index (χ4v) is 2.49. The molecule has 140 valence electrons. The summed E-state index contributed by atoms with van der Waals surface area (Å²) in [6.07, 6.45) is 4.04. The van der Waals surface area contributed by atoms with E-state index in [0.717, 1.165) is 17.7 Å². The molecule has 0 saturated carbocycles. The second kappa shape index (κ2) is 9.69. The van der Waals surface area contributed by atoms with Gasteiger partial charge in [0.1, 0.15) is 18.7 Å². The van der Waals surface area contributed by atoms with Crippen molar-refractivity contribution in [2.75, 3.05) is 13.2 Å². The average molecular weight is 373 g/mol. The number of nitrogens with zero attached hydrogens (tertiary/aromatic N) is 4. The van der Waals surface area contributed by atoms with Crippen molar-refractivity contribution < 1.29 is 9.53 Å². The quantitative estimate of drug-likeness (QED) is 0.507. The average Bonchev–Trinajstić information content (AvgIpc) is 3.27. The summed E-state index contributed by atoms with van der Waals surface area (Å²) in [4.78, 5) is 12.3. The van der Waals surface area contributed by atoms with Crippen LogP contribution in [0.1, 0.15) is 15.9 Å². The number of nitrogens with one attached hydrogen (secondary N) is 1. The number of tetrazole rings is 1. The Morgan fingerprint density at radius 1 is 1.21 bits per heavy atom. The first-order chi connectivity index (χ1) is 13.8. The van der Waals surface area contributed by atoms with Crippen LogP contribution in [0, 0.1) is 11.8 Å². The molecular formula is C21H19N5O2. The van der Waals surface area contributed by atoms with Crippen LogP contribution in [0.5, 0.6) is 5.75 Å². The second-order valence-electron chi connectivity index (χ2n) is 5.73. The molecule has 0 spiro atoms. The van der Waals surface area contributed by atoms with Crippen molar-refractivity contribution in [3.8, 4) is 23.3 Å². The van der Waals surface area contributed by atoms with Crippen LogP contribution in [0.15, 0.2) is 67.5 Å². The number of rotatable bonds is 7. The summed E-state index contributed by atoms with van der Waals surface area (Å²) in [7, 11) is 0. The van der Waals surface area contributed by atoms with Gasteiger partial charge in [-0.15, -0.1) is 11.7 Å². The molecule has 0 unspecified atom stereocenters. The number of amides is 1. The van der Waals surface area contributed by atoms with Gasteiger partial charge in [-0.05, 0) is 46.7 Å². The molecule has 0 bridgehead atoms. The maximum atomic E-state index is 12.3. The lowest BCUT2D eigenvalue weighted by Gasteiger charge is -2.07. The molecule has 0 aliphatic rings. The van der Waals surface area contributed by atoms with E-state index in [1.54, 1.807) is 18.2 Å². The van der Waals surface area contributed by atoms with Gasteiger partial charge in [-0.2, -0.15) is 0 Å². The van der Waals surface area contributed by atoms with Crippen LogP contribution in [0.4, 0.5) is 0 Å². The maximum Gasteiger partial charge on any atom is 0.252 e. The molecule has 7 nitrogen and oxygen atoms in total. The summed E-state index contributed by atoms with van der Waals surface area (Å²) in [5, 5.41) is 13.7. The highest BCUT2D eigenvalue weighted by Gasteiger charge is 2.06. The van der Waals surface area contributed by atoms with Gasteiger partial charge in [0, 0.05) is 5.56 Å². The van der Waals surface area contributed by atoms with Crippen LogP contribution in [0.25, 0.3) is 5.69 Å². The third-order valence-electron chi connectivity index (χ3n) is 3.82. The summed E-state index contributed by atoms with van der Waals surface area (Å²) < 4.78 is 7.17. The molecule has 2 aromatic carbocycles. The summed E-state index contributed by atoms with van der Waals surface area (Å²) in [6, 6.07) is 14.8. The zero-order valence-electron chi connectivity index (χ0n) is 15.2. The van der Waals surface area contributed by atoms with Crippen LogP contribution >= 0.6 is 0 Å². The molecule has 1 N–H and O–H groups in total. The molecule has 0 atom stereocenters. The van der Waals surface area contributed by atoms with Gasteiger partial charge in [-0.3, -0.25) is 4.79 Å². The molecular weight excluding hydrogens is 354 g/mol. The van der Waals surface area contributed by atoms with E-state index in [1.165, 1.54) is 11.0 Å². The Morgan fingerprint density at radius 3 is 2.93 bits per heavy atom. The number of hydrogen-bond donors (Lipinski definition) is 1. The molecule has 0 saturated heterocycles. The zero-order chi connectivity index (χ0) is 19.6. The molecule has 0 aliphatic carbocycles. The van der Waals surface area contributed by atoms with Crippen LogP contribution in [-0.4, -0.2) is 39.3 Å². The zero-order valence-corrected chi connectivity index (χ0v) is 15.2. The van der Waals surface area contributed by atoms with Crippen LogP contribution in [0.3, 0.4) is 0 Å². The minimum absolute atomic E-state index is 0.221. The number of ether oxygens (including phenoxy) is 1. The normalized spacial score (nSPS) is 9.86. The van der Waals surface area contributed by atoms with Gasteiger partial charge < -0.3 is 10.1 Å². The second-order valence-corrected chi connectivity index (χ2v) is 5.73. The van der Waals surface area contributed by atoms with E-state index in [1.807, 2.05) is 36.4 Å². The summed E-state index contributed by atoms with van der Waals surface area (Å²) in [5.74, 6) is 6.36. The first-order valence-corrected chi connectivity index (χ1v) is 8.67. The molecule has 3 rings (SSSR count). The van der Waals surface area contributed by atoms with E-state index in [0.29, 0.717) is 11.3 Å². The van der Waals surface area contributed by atoms with Gasteiger partial charge in [-0.25, -0.2) is 4.68 Å². The van der Waals surface area contributed by atoms with Crippen molar-refractivity contribution in [1.82, 2.24) is 25.5 Å². The monoisotopic (exact) mass is 373 g/mol. The SMILES string of the molecule is C=CCc1ccccc1OCC#CCNC(=O)c1cccc(-n2cnnn2)c1. The third-order valence-corrected chi connectivity index (χ3v) is 3.82. The fraction of sp³-hybridized carbons (Fsp3) is 0.143. The van der Waals surface area contributed by atoms with E-state index < -0.39 is 0 Å². The number of aromatic nitrogens is 4. The van der Waals surface area contributed by atoms with Crippen molar-refractivity contribution in [2.24, 2.45) is 0 Å². The van der Waals surface area contributed by atoms with E-state index in [-0.39, 0.29) is 19.1 Å². The number of carbonyl (C=O) groups excluding carboxylic acids is 1. The molecule has 1 heterocycles. The van der Waals surface area contributed by atoms with Gasteiger partial charge >= 0.3 is 0 Å². The van der Waals surface area contributed by atoms with Gasteiger partial charge in [-0.1, -0.05) is 42.2 Å². The van der Waals surface area contributed by atoms with Gasteiger partial charge in [0.25, 0.3) is 5.91 Å². The smallest absolute Gasteiger partial charge is 0.252 e. The lowest BCUT2D eigenvalue weighted by molar-refractivity contribution is 0.0958. The van der Waals surface area contributed by atoms with Gasteiger partial charge in [0.05, 0.1) is 12.2 Å². The van der Waals surface area contributed by atoms with Gasteiger partial charge in [0.15, 0.2) is 0 Å². The largest absolute Gasteiger partial charge is 0.481 e. The van der Waals surface area contributed by atoms with Crippen molar-refractivity contribution in [2.45, 2.75) is 6.42 Å². The Kier molecular flexibility index (Phi) is 6.53. The number of benzene rings is 2. The Bertz CT molecular complexity index is 1000. The first kappa shape index (κ1) is 18.9. The summed E-state index contributed by atoms with van der Waals surface area (Å²) in [6.45, 7) is 4.22. The lowest BCUT2D eigenvalue weighted by atomic mass is 10.1. The molecule has 0 aliphatic heterocycles.